The van der Waals surface area contributed by atoms with E-state index >= 15 is 0 Å². The van der Waals surface area contributed by atoms with Crippen molar-refractivity contribution in [1.29, 1.82) is 0 Å². The van der Waals surface area contributed by atoms with E-state index in [1.165, 1.54) is 40.1 Å². The number of benzene rings is 1. The van der Waals surface area contributed by atoms with Crippen molar-refractivity contribution in [2.45, 2.75) is 23.7 Å². The number of nitrogens with one attached hydrogen (secondary N) is 2. The van der Waals surface area contributed by atoms with Gasteiger partial charge in [0.15, 0.2) is 14.2 Å². The van der Waals surface area contributed by atoms with Gasteiger partial charge in [0.05, 0.1) is 23.8 Å². The van der Waals surface area contributed by atoms with E-state index in [0.717, 1.165) is 0 Å². The molecule has 31 heavy (non-hydrogen) atoms. The molecule has 0 aliphatic carbocycles. The van der Waals surface area contributed by atoms with Crippen molar-refractivity contribution in [3.63, 3.8) is 0 Å². The molecule has 1 aliphatic heterocycles. The number of carbonyl (C=O) groups is 2. The van der Waals surface area contributed by atoms with Gasteiger partial charge in [-0.05, 0) is 37.6 Å². The first-order chi connectivity index (χ1) is 14.7. The van der Waals surface area contributed by atoms with Gasteiger partial charge in [0.1, 0.15) is 5.82 Å². The molecule has 2 aromatic rings. The second kappa shape index (κ2) is 10.4. The Morgan fingerprint density at radius 1 is 1.29 bits per heavy atom. The molecule has 1 aliphatic rings. The Kier molecular flexibility index (Phi) is 7.84. The molecule has 0 radical (unpaired) electrons. The molecule has 0 saturated carbocycles. The van der Waals surface area contributed by atoms with Gasteiger partial charge < -0.3 is 15.5 Å². The van der Waals surface area contributed by atoms with Crippen LogP contribution in [0.3, 0.4) is 0 Å². The number of carbonyl (C=O) groups excluding carboxylic acids is 2. The van der Waals surface area contributed by atoms with Gasteiger partial charge in [0.2, 0.25) is 16.9 Å². The summed E-state index contributed by atoms with van der Waals surface area (Å²) in [5.74, 6) is -0.830. The molecule has 168 valence electrons. The number of thioether (sulfide) groups is 1. The minimum atomic E-state index is -3.08. The van der Waals surface area contributed by atoms with Crippen LogP contribution in [0.15, 0.2) is 28.6 Å². The van der Waals surface area contributed by atoms with Gasteiger partial charge >= 0.3 is 0 Å². The van der Waals surface area contributed by atoms with Crippen LogP contribution in [-0.2, 0) is 19.4 Å². The third-order valence-corrected chi connectivity index (χ3v) is 8.21. The number of amides is 2. The Morgan fingerprint density at radius 3 is 2.68 bits per heavy atom. The van der Waals surface area contributed by atoms with Gasteiger partial charge in [0, 0.05) is 18.3 Å². The van der Waals surface area contributed by atoms with E-state index in [9.17, 15) is 22.4 Å². The minimum Gasteiger partial charge on any atom is -0.351 e. The smallest absolute Gasteiger partial charge is 0.239 e. The van der Waals surface area contributed by atoms with E-state index < -0.39 is 15.9 Å². The molecule has 2 amide bonds. The molecule has 1 aromatic heterocycles. The molecule has 1 atom stereocenters. The van der Waals surface area contributed by atoms with Gasteiger partial charge in [-0.3, -0.25) is 9.59 Å². The summed E-state index contributed by atoms with van der Waals surface area (Å²) in [5, 5.41) is 14.2. The first kappa shape index (κ1) is 23.4. The Labute approximate surface area is 187 Å². The topological polar surface area (TPSA) is 121 Å². The normalized spacial score (nSPS) is 17.3. The first-order valence-corrected chi connectivity index (χ1v) is 13.1. The summed E-state index contributed by atoms with van der Waals surface area (Å²) in [6, 6.07) is 5.43. The maximum absolute atomic E-state index is 13.0. The highest BCUT2D eigenvalue weighted by atomic mass is 32.2. The lowest BCUT2D eigenvalue weighted by molar-refractivity contribution is -0.134. The number of halogens is 1. The number of sulfone groups is 1. The number of likely N-dealkylation sites (N-methyl/N-ethyl adjacent to an activating group) is 1. The average molecular weight is 488 g/mol. The highest BCUT2D eigenvalue weighted by molar-refractivity contribution is 8.01. The number of rotatable bonds is 9. The molecule has 1 aromatic carbocycles. The predicted octanol–water partition coefficient (Wildman–Crippen LogP) is 1.66. The predicted molar refractivity (Wildman–Crippen MR) is 118 cm³/mol. The zero-order chi connectivity index (χ0) is 22.4. The maximum atomic E-state index is 13.0. The summed E-state index contributed by atoms with van der Waals surface area (Å²) in [6.07, 6.45) is 0.398. The minimum absolute atomic E-state index is 0.0556. The summed E-state index contributed by atoms with van der Waals surface area (Å²) < 4.78 is 36.5. The van der Waals surface area contributed by atoms with Gasteiger partial charge in [-0.25, -0.2) is 12.8 Å². The fourth-order valence-corrected chi connectivity index (χ4v) is 6.27. The van der Waals surface area contributed by atoms with Crippen LogP contribution in [0.25, 0.3) is 0 Å². The van der Waals surface area contributed by atoms with Crippen molar-refractivity contribution < 1.29 is 22.4 Å². The molecule has 13 heteroatoms. The molecule has 0 spiro atoms. The van der Waals surface area contributed by atoms with Crippen molar-refractivity contribution >= 4 is 55.6 Å². The van der Waals surface area contributed by atoms with Crippen molar-refractivity contribution in [3.8, 4) is 0 Å². The van der Waals surface area contributed by atoms with Crippen LogP contribution in [-0.4, -0.2) is 71.7 Å². The number of hydrogen-bond acceptors (Lipinski definition) is 9. The van der Waals surface area contributed by atoms with Crippen LogP contribution in [0.1, 0.15) is 13.3 Å². The van der Waals surface area contributed by atoms with E-state index in [1.54, 1.807) is 19.1 Å². The van der Waals surface area contributed by atoms with Crippen LogP contribution in [0.4, 0.5) is 15.2 Å². The lowest BCUT2D eigenvalue weighted by atomic mass is 10.2. The van der Waals surface area contributed by atoms with E-state index in [0.29, 0.717) is 28.1 Å². The fraction of sp³-hybridized carbons (Fsp3) is 0.444. The van der Waals surface area contributed by atoms with Crippen molar-refractivity contribution in [2.24, 2.45) is 0 Å². The SMILES string of the molecule is CCN(CC(=O)NC1CCS(=O)(=O)C1)C(=O)CSc1nnc(Nc2ccc(F)cc2)s1. The fourth-order valence-electron chi connectivity index (χ4n) is 2.92. The van der Waals surface area contributed by atoms with Crippen LogP contribution in [0.2, 0.25) is 0 Å². The maximum Gasteiger partial charge on any atom is 0.239 e. The number of nitrogens with zero attached hydrogens (tertiary/aromatic N) is 3. The third-order valence-electron chi connectivity index (χ3n) is 4.49. The first-order valence-electron chi connectivity index (χ1n) is 9.50. The van der Waals surface area contributed by atoms with E-state index in [2.05, 4.69) is 20.8 Å². The average Bonchev–Trinajstić information content (AvgIpc) is 3.31. The molecule has 0 bridgehead atoms. The Balaban J connectivity index is 1.45. The largest absolute Gasteiger partial charge is 0.351 e. The summed E-state index contributed by atoms with van der Waals surface area (Å²) in [4.78, 5) is 26.1. The lowest BCUT2D eigenvalue weighted by Gasteiger charge is -2.21. The van der Waals surface area contributed by atoms with Gasteiger partial charge in [-0.1, -0.05) is 23.1 Å². The monoisotopic (exact) mass is 487 g/mol. The summed E-state index contributed by atoms with van der Waals surface area (Å²) in [5.41, 5.74) is 0.670. The van der Waals surface area contributed by atoms with Crippen LogP contribution in [0.5, 0.6) is 0 Å². The van der Waals surface area contributed by atoms with Crippen LogP contribution >= 0.6 is 23.1 Å². The number of anilines is 2. The molecule has 1 saturated heterocycles. The summed E-state index contributed by atoms with van der Waals surface area (Å²) >= 11 is 2.47. The number of aromatic nitrogens is 2. The van der Waals surface area contributed by atoms with Crippen LogP contribution in [0, 0.1) is 5.82 Å². The second-order valence-electron chi connectivity index (χ2n) is 6.87. The second-order valence-corrected chi connectivity index (χ2v) is 11.3. The molecule has 1 fully saturated rings. The Bertz CT molecular complexity index is 1030. The van der Waals surface area contributed by atoms with Crippen LogP contribution < -0.4 is 10.6 Å². The summed E-state index contributed by atoms with van der Waals surface area (Å²) in [6.45, 7) is 1.99. The van der Waals surface area contributed by atoms with E-state index in [-0.39, 0.29) is 41.4 Å². The highest BCUT2D eigenvalue weighted by Crippen LogP contribution is 2.27. The van der Waals surface area contributed by atoms with Crippen molar-refractivity contribution in [2.75, 3.05) is 35.7 Å². The lowest BCUT2D eigenvalue weighted by Crippen LogP contribution is -2.45. The van der Waals surface area contributed by atoms with E-state index in [4.69, 9.17) is 0 Å². The van der Waals surface area contributed by atoms with Crippen molar-refractivity contribution in [3.05, 3.63) is 30.1 Å². The van der Waals surface area contributed by atoms with Crippen molar-refractivity contribution in [1.82, 2.24) is 20.4 Å². The third kappa shape index (κ3) is 7.14. The Morgan fingerprint density at radius 2 is 2.03 bits per heavy atom. The molecular weight excluding hydrogens is 465 g/mol. The standard InChI is InChI=1S/C18H22FN5O4S3/c1-2-24(9-15(25)20-14-7-8-31(27,28)11-14)16(26)10-29-18-23-22-17(30-18)21-13-5-3-12(19)4-6-13/h3-6,14H,2,7-11H2,1H3,(H,20,25)(H,21,22). The molecule has 1 unspecified atom stereocenters. The molecular formula is C18H22FN5O4S3. The number of hydrogen-bond donors (Lipinski definition) is 2. The van der Waals surface area contributed by atoms with Gasteiger partial charge in [-0.15, -0.1) is 10.2 Å². The highest BCUT2D eigenvalue weighted by Gasteiger charge is 2.29. The zero-order valence-electron chi connectivity index (χ0n) is 16.7. The summed E-state index contributed by atoms with van der Waals surface area (Å²) in [7, 11) is -3.08. The Hall–Kier alpha value is -2.25. The van der Waals surface area contributed by atoms with E-state index in [1.807, 2.05) is 0 Å². The zero-order valence-corrected chi connectivity index (χ0v) is 19.2. The molecule has 3 rings (SSSR count). The molecule has 2 N–H and O–H groups in total. The van der Waals surface area contributed by atoms with Gasteiger partial charge in [-0.2, -0.15) is 0 Å². The van der Waals surface area contributed by atoms with Gasteiger partial charge in [0.25, 0.3) is 0 Å². The quantitative estimate of drug-likeness (QED) is 0.513. The molecule has 2 heterocycles. The molecule has 9 nitrogen and oxygen atoms in total.